The van der Waals surface area contributed by atoms with E-state index in [9.17, 15) is 18.3 Å². The Hall–Kier alpha value is -2.81. The summed E-state index contributed by atoms with van der Waals surface area (Å²) in [5.74, 6) is -0.0522. The van der Waals surface area contributed by atoms with Gasteiger partial charge < -0.3 is 5.11 Å². The summed E-state index contributed by atoms with van der Waals surface area (Å²) in [6.07, 6.45) is 1.49. The van der Waals surface area contributed by atoms with E-state index < -0.39 is 15.6 Å². The number of pyridine rings is 1. The maximum Gasteiger partial charge on any atom is 0.278 e. The molecule has 3 aromatic rings. The van der Waals surface area contributed by atoms with Gasteiger partial charge in [-0.2, -0.15) is 8.42 Å². The predicted octanol–water partition coefficient (Wildman–Crippen LogP) is 0.758. The number of hydrogen-bond acceptors (Lipinski definition) is 5. The zero-order chi connectivity index (χ0) is 15.0. The molecule has 21 heavy (non-hydrogen) atoms. The molecule has 0 unspecified atom stereocenters. The van der Waals surface area contributed by atoms with E-state index >= 15 is 0 Å². The highest BCUT2D eigenvalue weighted by Crippen LogP contribution is 2.29. The number of aromatic amines is 2. The topological polar surface area (TPSA) is 128 Å². The fourth-order valence-corrected chi connectivity index (χ4v) is 2.93. The lowest BCUT2D eigenvalue weighted by Crippen LogP contribution is -2.13. The van der Waals surface area contributed by atoms with Crippen molar-refractivity contribution in [2.75, 3.05) is 4.72 Å². The van der Waals surface area contributed by atoms with E-state index in [4.69, 9.17) is 0 Å². The van der Waals surface area contributed by atoms with Gasteiger partial charge >= 0.3 is 0 Å². The zero-order valence-corrected chi connectivity index (χ0v) is 11.3. The van der Waals surface area contributed by atoms with Crippen LogP contribution in [0.3, 0.4) is 0 Å². The van der Waals surface area contributed by atoms with Crippen LogP contribution in [0.2, 0.25) is 0 Å². The van der Waals surface area contributed by atoms with Crippen LogP contribution in [0.25, 0.3) is 10.9 Å². The summed E-state index contributed by atoms with van der Waals surface area (Å²) in [6, 6.07) is 6.94. The van der Waals surface area contributed by atoms with Gasteiger partial charge in [-0.1, -0.05) is 0 Å². The molecule has 0 radical (unpaired) electrons. The molecular weight excluding hydrogens is 296 g/mol. The highest BCUT2D eigenvalue weighted by atomic mass is 32.2. The van der Waals surface area contributed by atoms with Crippen molar-refractivity contribution in [3.63, 3.8) is 0 Å². The van der Waals surface area contributed by atoms with Gasteiger partial charge in [0, 0.05) is 17.6 Å². The Kier molecular flexibility index (Phi) is 2.91. The molecule has 3 rings (SSSR count). The first-order chi connectivity index (χ1) is 9.97. The van der Waals surface area contributed by atoms with Gasteiger partial charge in [0.2, 0.25) is 0 Å². The number of aromatic nitrogens is 3. The lowest BCUT2D eigenvalue weighted by molar-refractivity contribution is 0.480. The largest absolute Gasteiger partial charge is 0.506 e. The number of nitrogens with one attached hydrogen (secondary N) is 3. The van der Waals surface area contributed by atoms with Gasteiger partial charge in [-0.3, -0.25) is 24.7 Å². The normalized spacial score (nSPS) is 11.6. The second kappa shape index (κ2) is 4.63. The van der Waals surface area contributed by atoms with E-state index in [-0.39, 0.29) is 22.0 Å². The molecule has 0 bridgehead atoms. The number of H-pyrrole nitrogens is 2. The molecule has 0 amide bonds. The van der Waals surface area contributed by atoms with Crippen LogP contribution in [0, 0.1) is 0 Å². The maximum atomic E-state index is 12.2. The van der Waals surface area contributed by atoms with Crippen molar-refractivity contribution in [3.05, 3.63) is 46.9 Å². The maximum absolute atomic E-state index is 12.2. The number of nitrogens with zero attached hydrogens (tertiary/aromatic N) is 1. The van der Waals surface area contributed by atoms with Crippen LogP contribution in [0.4, 0.5) is 5.69 Å². The fourth-order valence-electron chi connectivity index (χ4n) is 1.91. The summed E-state index contributed by atoms with van der Waals surface area (Å²) >= 11 is 0. The van der Waals surface area contributed by atoms with Crippen molar-refractivity contribution in [3.8, 4) is 5.75 Å². The number of sulfonamides is 1. The molecule has 1 aromatic carbocycles. The Morgan fingerprint density at radius 3 is 2.71 bits per heavy atom. The molecule has 0 saturated heterocycles. The molecule has 0 atom stereocenters. The second-order valence-electron chi connectivity index (χ2n) is 4.26. The molecule has 2 aromatic heterocycles. The number of rotatable bonds is 3. The van der Waals surface area contributed by atoms with E-state index in [0.717, 1.165) is 6.07 Å². The molecule has 4 N–H and O–H groups in total. The number of aromatic hydroxyl groups is 1. The smallest absolute Gasteiger partial charge is 0.278 e. The Bertz CT molecular complexity index is 974. The van der Waals surface area contributed by atoms with Gasteiger partial charge in [0.1, 0.15) is 11.3 Å². The fraction of sp³-hybridized carbons (Fsp3) is 0. The van der Waals surface area contributed by atoms with Crippen LogP contribution in [0.5, 0.6) is 5.75 Å². The summed E-state index contributed by atoms with van der Waals surface area (Å²) in [4.78, 5) is 15.0. The molecule has 0 aliphatic rings. The van der Waals surface area contributed by atoms with Gasteiger partial charge in [-0.15, -0.1) is 0 Å². The molecule has 108 valence electrons. The summed E-state index contributed by atoms with van der Waals surface area (Å²) in [7, 11) is -3.94. The van der Waals surface area contributed by atoms with Crippen LogP contribution in [0.1, 0.15) is 0 Å². The van der Waals surface area contributed by atoms with Gasteiger partial charge in [0.05, 0.1) is 5.69 Å². The van der Waals surface area contributed by atoms with Crippen molar-refractivity contribution in [2.24, 2.45) is 0 Å². The second-order valence-corrected chi connectivity index (χ2v) is 5.91. The Labute approximate surface area is 118 Å². The van der Waals surface area contributed by atoms with E-state index in [1.165, 1.54) is 18.3 Å². The molecule has 2 heterocycles. The number of fused-ring (bicyclic) bond motifs is 1. The monoisotopic (exact) mass is 306 g/mol. The van der Waals surface area contributed by atoms with Crippen LogP contribution in [-0.2, 0) is 10.0 Å². The number of phenols is 1. The standard InChI is InChI=1S/C12H10N4O4S/c17-9-4-3-8(7-2-1-5-13-12(7)9)16-21(19,20)11-6-10(18)14-15-11/h1-6,16-17H,(H2,14,15,18). The average molecular weight is 306 g/mol. The molecule has 8 nitrogen and oxygen atoms in total. The average Bonchev–Trinajstić information content (AvgIpc) is 2.90. The minimum Gasteiger partial charge on any atom is -0.506 e. The van der Waals surface area contributed by atoms with Gasteiger partial charge in [0.25, 0.3) is 15.6 Å². The molecule has 0 aliphatic carbocycles. The van der Waals surface area contributed by atoms with Gasteiger partial charge in [-0.05, 0) is 24.3 Å². The Morgan fingerprint density at radius 1 is 1.19 bits per heavy atom. The first-order valence-electron chi connectivity index (χ1n) is 5.84. The Balaban J connectivity index is 2.10. The van der Waals surface area contributed by atoms with Gasteiger partial charge in [0.15, 0.2) is 5.03 Å². The van der Waals surface area contributed by atoms with Crippen molar-refractivity contribution in [1.29, 1.82) is 0 Å². The van der Waals surface area contributed by atoms with Crippen molar-refractivity contribution in [2.45, 2.75) is 5.03 Å². The number of benzene rings is 1. The van der Waals surface area contributed by atoms with Crippen LogP contribution in [0.15, 0.2) is 46.3 Å². The number of hydrogen-bond donors (Lipinski definition) is 4. The quantitative estimate of drug-likeness (QED) is 0.531. The van der Waals surface area contributed by atoms with Gasteiger partial charge in [-0.25, -0.2) is 0 Å². The lowest BCUT2D eigenvalue weighted by atomic mass is 10.2. The highest BCUT2D eigenvalue weighted by molar-refractivity contribution is 7.92. The third-order valence-corrected chi connectivity index (χ3v) is 4.14. The lowest BCUT2D eigenvalue weighted by Gasteiger charge is -2.09. The summed E-state index contributed by atoms with van der Waals surface area (Å²) in [5.41, 5.74) is -0.0224. The van der Waals surface area contributed by atoms with Crippen LogP contribution >= 0.6 is 0 Å². The molecule has 0 saturated carbocycles. The predicted molar refractivity (Wildman–Crippen MR) is 75.6 cm³/mol. The number of anilines is 1. The highest BCUT2D eigenvalue weighted by Gasteiger charge is 2.18. The molecular formula is C12H10N4O4S. The first kappa shape index (κ1) is 13.2. The first-order valence-corrected chi connectivity index (χ1v) is 7.33. The molecule has 0 spiro atoms. The summed E-state index contributed by atoms with van der Waals surface area (Å²) < 4.78 is 26.7. The minimum absolute atomic E-state index is 0.0522. The van der Waals surface area contributed by atoms with Crippen molar-refractivity contribution >= 4 is 26.6 Å². The molecule has 9 heteroatoms. The van der Waals surface area contributed by atoms with E-state index in [2.05, 4.69) is 19.9 Å². The van der Waals surface area contributed by atoms with Crippen LogP contribution < -0.4 is 10.3 Å². The third kappa shape index (κ3) is 2.34. The number of phenolic OH excluding ortho intramolecular Hbond substituents is 1. The van der Waals surface area contributed by atoms with E-state index in [0.29, 0.717) is 5.39 Å². The third-order valence-electron chi connectivity index (χ3n) is 2.85. The van der Waals surface area contributed by atoms with E-state index in [1.807, 2.05) is 0 Å². The van der Waals surface area contributed by atoms with E-state index in [1.54, 1.807) is 12.1 Å². The molecule has 0 aliphatic heterocycles. The summed E-state index contributed by atoms with van der Waals surface area (Å²) in [5, 5.41) is 14.3. The summed E-state index contributed by atoms with van der Waals surface area (Å²) in [6.45, 7) is 0. The SMILES string of the molecule is O=c1cc(S(=O)(=O)Nc2ccc(O)c3ncccc23)[nH][nH]1. The Morgan fingerprint density at radius 2 is 2.00 bits per heavy atom. The minimum atomic E-state index is -3.94. The zero-order valence-electron chi connectivity index (χ0n) is 10.5. The van der Waals surface area contributed by atoms with Crippen LogP contribution in [-0.4, -0.2) is 28.7 Å². The van der Waals surface area contributed by atoms with Crippen molar-refractivity contribution < 1.29 is 13.5 Å². The van der Waals surface area contributed by atoms with Crippen molar-refractivity contribution in [1.82, 2.24) is 15.2 Å². The molecule has 0 fully saturated rings.